The van der Waals surface area contributed by atoms with Crippen molar-refractivity contribution in [2.75, 3.05) is 0 Å². The average molecular weight is 1320 g/mol. The van der Waals surface area contributed by atoms with Crippen LogP contribution in [-0.2, 0) is 59.0 Å². The summed E-state index contributed by atoms with van der Waals surface area (Å²) in [6, 6.07) is 85.2. The first-order chi connectivity index (χ1) is 48.7. The fourth-order valence-electron chi connectivity index (χ4n) is 14.2. The van der Waals surface area contributed by atoms with Gasteiger partial charge in [-0.05, 0) is 262 Å². The van der Waals surface area contributed by atoms with E-state index in [0.29, 0.717) is 0 Å². The Morgan fingerprint density at radius 1 is 0.390 bits per heavy atom. The fourth-order valence-corrected chi connectivity index (χ4v) is 14.2. The predicted molar refractivity (Wildman–Crippen MR) is 428 cm³/mol. The standard InChI is InChI=1S/4C10H12.5C9H9N.C8H8N2/c1-8-4-2-5-9-6-3-7-10(8)9;1-8-5-6-9-3-2-4-10(9)7-8;1-8-6-9-4-2-3-5-10(9)7-8;1-8-6-7-9-4-2-3-5-10(8)9;1-7-2-3-9-8(6-7)4-5-10-9;1-7-3-2-4-9-8(7)5-6-10-9;1-10-7-6-8-4-2-3-5-9(8)10;1-7-6-10-9-5-3-2-4-8(7)9;1-7-6-8-4-2-3-5-9(8)10-7;1-10-8-5-3-2-4-7(8)6-9-10/h2,4-5H,3,6-7H2,1H3;5-7H,2-4H2,1H3;2*2-5,8H,6-7H2,1H3;2*2-6,10H,1H3;2-7H,1H3;2*2-6,10H,1H3;2-6H,1H3. The minimum atomic E-state index is 0.802. The maximum Gasteiger partial charge on any atom is 0.0679 e. The molecule has 508 valence electrons. The first-order valence-electron chi connectivity index (χ1n) is 36.0. The number of hydrogen-bond acceptors (Lipinski definition) is 1. The van der Waals surface area contributed by atoms with Gasteiger partial charge in [0.25, 0.3) is 0 Å². The lowest BCUT2D eigenvalue weighted by Gasteiger charge is -2.01. The Labute approximate surface area is 593 Å². The number of aromatic nitrogens is 7. The molecule has 6 aromatic heterocycles. The van der Waals surface area contributed by atoms with Gasteiger partial charge in [-0.25, -0.2) is 0 Å². The number of benzene rings is 10. The van der Waals surface area contributed by atoms with Crippen LogP contribution in [0.4, 0.5) is 0 Å². The monoisotopic (exact) mass is 1320 g/mol. The van der Waals surface area contributed by atoms with Crippen molar-refractivity contribution < 1.29 is 0 Å². The molecular formula is C93H101N7. The number of nitrogens with zero attached hydrogens (tertiary/aromatic N) is 3. The van der Waals surface area contributed by atoms with E-state index in [0.717, 1.165) is 11.8 Å². The number of rotatable bonds is 0. The molecule has 20 rings (SSSR count). The van der Waals surface area contributed by atoms with E-state index in [1.54, 1.807) is 44.5 Å². The highest BCUT2D eigenvalue weighted by Crippen LogP contribution is 2.32. The maximum atomic E-state index is 4.11. The fraction of sp³-hybridized carbons (Fsp3) is 0.237. The molecule has 4 aliphatic carbocycles. The lowest BCUT2D eigenvalue weighted by atomic mass is 10.0. The van der Waals surface area contributed by atoms with Gasteiger partial charge in [0.05, 0.1) is 11.7 Å². The molecule has 0 fully saturated rings. The van der Waals surface area contributed by atoms with Gasteiger partial charge in [0, 0.05) is 88.3 Å². The Hall–Kier alpha value is -10.6. The molecule has 7 nitrogen and oxygen atoms in total. The minimum Gasteiger partial charge on any atom is -0.361 e. The highest BCUT2D eigenvalue weighted by Gasteiger charge is 2.17. The highest BCUT2D eigenvalue weighted by molar-refractivity contribution is 5.84. The van der Waals surface area contributed by atoms with Gasteiger partial charge in [-0.1, -0.05) is 201 Å². The SMILES string of the molecule is CC1CCc2ccccc21.CC1Cc2ccccc2C1.Cc1c[nH]c2ccccc12.Cc1cc2ccccc2[nH]1.Cc1ccc2[nH]ccc2c1.Cc1ccc2c(c1)CCC2.Cc1cccc2[nH]ccc12.Cc1cccc2c1CCC2.Cn1ccc2ccccc21.Cn1ncc2ccccc21. The Kier molecular flexibility index (Phi) is 24.5. The predicted octanol–water partition coefficient (Wildman–Crippen LogP) is 23.8. The molecule has 4 aliphatic rings. The first kappa shape index (κ1) is 70.7. The van der Waals surface area contributed by atoms with Crippen LogP contribution in [0.25, 0.3) is 65.4 Å². The third-order valence-electron chi connectivity index (χ3n) is 19.8. The molecule has 0 radical (unpaired) electrons. The van der Waals surface area contributed by atoms with Crippen LogP contribution in [0, 0.1) is 47.5 Å². The summed E-state index contributed by atoms with van der Waals surface area (Å²) in [5.41, 5.74) is 28.0. The van der Waals surface area contributed by atoms with Crippen LogP contribution < -0.4 is 0 Å². The van der Waals surface area contributed by atoms with Crippen LogP contribution in [-0.4, -0.2) is 34.3 Å². The van der Waals surface area contributed by atoms with Gasteiger partial charge in [-0.15, -0.1) is 0 Å². The van der Waals surface area contributed by atoms with E-state index >= 15 is 0 Å². The van der Waals surface area contributed by atoms with E-state index < -0.39 is 0 Å². The summed E-state index contributed by atoms with van der Waals surface area (Å²) < 4.78 is 3.99. The molecule has 16 aromatic rings. The zero-order valence-corrected chi connectivity index (χ0v) is 60.5. The number of aromatic amines is 4. The van der Waals surface area contributed by atoms with E-state index in [1.165, 1.54) is 163 Å². The van der Waals surface area contributed by atoms with Crippen molar-refractivity contribution in [2.45, 2.75) is 126 Å². The molecule has 0 saturated heterocycles. The lowest BCUT2D eigenvalue weighted by Crippen LogP contribution is -1.89. The smallest absolute Gasteiger partial charge is 0.0679 e. The van der Waals surface area contributed by atoms with Crippen molar-refractivity contribution >= 4 is 65.4 Å². The second kappa shape index (κ2) is 34.7. The Morgan fingerprint density at radius 2 is 0.960 bits per heavy atom. The molecular weight excluding hydrogens is 1220 g/mol. The molecule has 100 heavy (non-hydrogen) atoms. The average Bonchev–Trinajstić information content (AvgIpc) is 1.84. The summed E-state index contributed by atoms with van der Waals surface area (Å²) in [5, 5.41) is 11.8. The normalized spacial score (nSPS) is 13.4. The summed E-state index contributed by atoms with van der Waals surface area (Å²) in [7, 11) is 4.00. The van der Waals surface area contributed by atoms with Crippen molar-refractivity contribution in [2.24, 2.45) is 20.0 Å². The van der Waals surface area contributed by atoms with Crippen LogP contribution in [0.1, 0.15) is 117 Å². The number of hydrogen-bond donors (Lipinski definition) is 4. The molecule has 10 aromatic carbocycles. The van der Waals surface area contributed by atoms with Crippen LogP contribution in [0.15, 0.2) is 274 Å². The first-order valence-corrected chi connectivity index (χ1v) is 36.0. The Balaban J connectivity index is 0.000000112. The summed E-state index contributed by atoms with van der Waals surface area (Å²) in [6.45, 7) is 17.4. The second-order valence-electron chi connectivity index (χ2n) is 27.6. The third kappa shape index (κ3) is 19.0. The van der Waals surface area contributed by atoms with Gasteiger partial charge in [-0.3, -0.25) is 4.68 Å². The van der Waals surface area contributed by atoms with E-state index in [1.807, 2.05) is 60.8 Å². The number of para-hydroxylation sites is 4. The van der Waals surface area contributed by atoms with Gasteiger partial charge in [0.1, 0.15) is 0 Å². The van der Waals surface area contributed by atoms with Gasteiger partial charge in [0.15, 0.2) is 0 Å². The molecule has 0 spiro atoms. The second-order valence-corrected chi connectivity index (χ2v) is 27.6. The molecule has 0 bridgehead atoms. The van der Waals surface area contributed by atoms with Crippen LogP contribution >= 0.6 is 0 Å². The Morgan fingerprint density at radius 3 is 1.70 bits per heavy atom. The van der Waals surface area contributed by atoms with E-state index in [-0.39, 0.29) is 0 Å². The summed E-state index contributed by atoms with van der Waals surface area (Å²) >= 11 is 0. The molecule has 0 amide bonds. The number of nitrogens with one attached hydrogen (secondary N) is 4. The van der Waals surface area contributed by atoms with Crippen molar-refractivity contribution in [1.29, 1.82) is 0 Å². The van der Waals surface area contributed by atoms with Gasteiger partial charge in [0.2, 0.25) is 0 Å². The van der Waals surface area contributed by atoms with E-state index in [4.69, 9.17) is 0 Å². The molecule has 1 unspecified atom stereocenters. The Bertz CT molecular complexity index is 4950. The van der Waals surface area contributed by atoms with Gasteiger partial charge < -0.3 is 24.5 Å². The molecule has 4 N–H and O–H groups in total. The van der Waals surface area contributed by atoms with Crippen LogP contribution in [0.5, 0.6) is 0 Å². The van der Waals surface area contributed by atoms with Crippen LogP contribution in [0.3, 0.4) is 0 Å². The quantitative estimate of drug-likeness (QED) is 0.120. The number of H-pyrrole nitrogens is 4. The van der Waals surface area contributed by atoms with Crippen LogP contribution in [0.2, 0.25) is 0 Å². The third-order valence-corrected chi connectivity index (χ3v) is 19.8. The molecule has 0 aliphatic heterocycles. The highest BCUT2D eigenvalue weighted by atomic mass is 15.2. The zero-order chi connectivity index (χ0) is 69.7. The van der Waals surface area contributed by atoms with Crippen molar-refractivity contribution in [1.82, 2.24) is 34.3 Å². The van der Waals surface area contributed by atoms with Crippen molar-refractivity contribution in [3.63, 3.8) is 0 Å². The number of fused-ring (bicyclic) bond motifs is 10. The molecule has 1 atom stereocenters. The summed E-state index contributed by atoms with van der Waals surface area (Å²) in [5.74, 6) is 1.67. The summed E-state index contributed by atoms with van der Waals surface area (Å²) in [6.07, 6.45) is 23.1. The lowest BCUT2D eigenvalue weighted by molar-refractivity contribution is 0.628. The van der Waals surface area contributed by atoms with E-state index in [9.17, 15) is 0 Å². The molecule has 7 heteroatoms. The van der Waals surface area contributed by atoms with Gasteiger partial charge in [-0.2, -0.15) is 5.10 Å². The molecule has 6 heterocycles. The van der Waals surface area contributed by atoms with E-state index in [2.05, 4.69) is 317 Å². The maximum absolute atomic E-state index is 4.11. The molecule has 0 saturated carbocycles. The zero-order valence-electron chi connectivity index (χ0n) is 60.5. The topological polar surface area (TPSA) is 85.9 Å². The van der Waals surface area contributed by atoms with Gasteiger partial charge >= 0.3 is 0 Å². The van der Waals surface area contributed by atoms with Crippen molar-refractivity contribution in [3.8, 4) is 0 Å². The number of aryl methyl sites for hydroxylation is 12. The van der Waals surface area contributed by atoms with Crippen molar-refractivity contribution in [3.05, 3.63) is 352 Å². The minimum absolute atomic E-state index is 0.802. The largest absolute Gasteiger partial charge is 0.361 e. The summed E-state index contributed by atoms with van der Waals surface area (Å²) in [4.78, 5) is 12.8.